The summed E-state index contributed by atoms with van der Waals surface area (Å²) in [5.74, 6) is 0. The van der Waals surface area contributed by atoms with Crippen molar-refractivity contribution < 1.29 is 0 Å². The van der Waals surface area contributed by atoms with E-state index in [9.17, 15) is 0 Å². The van der Waals surface area contributed by atoms with Gasteiger partial charge in [-0.3, -0.25) is 4.90 Å². The number of likely N-dealkylation sites (tertiary alicyclic amines) is 1. The summed E-state index contributed by atoms with van der Waals surface area (Å²) in [6.07, 6.45) is 14.3. The lowest BCUT2D eigenvalue weighted by Crippen LogP contribution is -2.49. The van der Waals surface area contributed by atoms with Crippen LogP contribution in [0.2, 0.25) is 0 Å². The molecule has 1 saturated carbocycles. The molecule has 2 heteroatoms. The highest BCUT2D eigenvalue weighted by Gasteiger charge is 2.27. The normalized spacial score (nSPS) is 33.7. The van der Waals surface area contributed by atoms with Gasteiger partial charge in [-0.05, 0) is 45.8 Å². The smallest absolute Gasteiger partial charge is 0.0249 e. The van der Waals surface area contributed by atoms with Crippen molar-refractivity contribution in [2.45, 2.75) is 76.3 Å². The second-order valence-electron chi connectivity index (χ2n) is 5.90. The topological polar surface area (TPSA) is 15.3 Å². The summed E-state index contributed by atoms with van der Waals surface area (Å²) in [4.78, 5) is 2.81. The molecule has 2 aliphatic rings. The fourth-order valence-corrected chi connectivity index (χ4v) is 3.67. The molecule has 1 saturated heterocycles. The molecule has 0 radical (unpaired) electrons. The number of likely N-dealkylation sites (N-methyl/N-ethyl adjacent to an activating group) is 1. The van der Waals surface area contributed by atoms with Gasteiger partial charge in [0, 0.05) is 12.1 Å². The Morgan fingerprint density at radius 1 is 0.765 bits per heavy atom. The second-order valence-corrected chi connectivity index (χ2v) is 5.90. The van der Waals surface area contributed by atoms with Gasteiger partial charge in [0.25, 0.3) is 0 Å². The molecule has 1 heterocycles. The van der Waals surface area contributed by atoms with Gasteiger partial charge >= 0.3 is 0 Å². The number of hydrogen-bond donors (Lipinski definition) is 1. The van der Waals surface area contributed by atoms with Crippen LogP contribution in [0.5, 0.6) is 0 Å². The van der Waals surface area contributed by atoms with Crippen LogP contribution in [-0.4, -0.2) is 37.1 Å². The van der Waals surface area contributed by atoms with Crippen molar-refractivity contribution in [3.63, 3.8) is 0 Å². The van der Waals surface area contributed by atoms with Crippen LogP contribution in [0.1, 0.15) is 64.2 Å². The molecule has 2 unspecified atom stereocenters. The number of rotatable bonds is 2. The van der Waals surface area contributed by atoms with Crippen LogP contribution < -0.4 is 5.32 Å². The molecule has 0 aromatic carbocycles. The lowest BCUT2D eigenvalue weighted by Gasteiger charge is -2.37. The molecule has 0 spiro atoms. The van der Waals surface area contributed by atoms with Gasteiger partial charge in [-0.2, -0.15) is 0 Å². The average molecular weight is 238 g/mol. The maximum atomic E-state index is 3.59. The Balaban J connectivity index is 1.94. The molecule has 1 aliphatic heterocycles. The first-order chi connectivity index (χ1) is 8.42. The highest BCUT2D eigenvalue weighted by Crippen LogP contribution is 2.24. The van der Waals surface area contributed by atoms with Crippen molar-refractivity contribution in [3.05, 3.63) is 0 Å². The Bertz CT molecular complexity index is 197. The van der Waals surface area contributed by atoms with E-state index >= 15 is 0 Å². The molecule has 17 heavy (non-hydrogen) atoms. The van der Waals surface area contributed by atoms with E-state index in [0.29, 0.717) is 0 Å². The van der Waals surface area contributed by atoms with Crippen molar-refractivity contribution in [3.8, 4) is 0 Å². The summed E-state index contributed by atoms with van der Waals surface area (Å²) < 4.78 is 0. The summed E-state index contributed by atoms with van der Waals surface area (Å²) in [5.41, 5.74) is 0. The summed E-state index contributed by atoms with van der Waals surface area (Å²) in [5, 5.41) is 3.59. The van der Waals surface area contributed by atoms with Crippen LogP contribution in [0, 0.1) is 0 Å². The molecular weight excluding hydrogens is 208 g/mol. The highest BCUT2D eigenvalue weighted by molar-refractivity contribution is 4.86. The van der Waals surface area contributed by atoms with Crippen LogP contribution >= 0.6 is 0 Å². The first-order valence-corrected chi connectivity index (χ1v) is 7.83. The van der Waals surface area contributed by atoms with Gasteiger partial charge < -0.3 is 5.32 Å². The van der Waals surface area contributed by atoms with Gasteiger partial charge in [0.15, 0.2) is 0 Å². The Morgan fingerprint density at radius 3 is 2.06 bits per heavy atom. The number of hydrogen-bond acceptors (Lipinski definition) is 2. The molecule has 2 fully saturated rings. The molecule has 100 valence electrons. The van der Waals surface area contributed by atoms with Crippen LogP contribution in [-0.2, 0) is 0 Å². The zero-order chi connectivity index (χ0) is 11.9. The molecule has 2 rings (SSSR count). The van der Waals surface area contributed by atoms with E-state index in [1.165, 1.54) is 77.3 Å². The highest BCUT2D eigenvalue weighted by atomic mass is 15.2. The molecule has 2 atom stereocenters. The second kappa shape index (κ2) is 7.38. The quantitative estimate of drug-likeness (QED) is 0.743. The molecule has 0 aromatic heterocycles. The maximum absolute atomic E-state index is 3.59. The molecule has 0 aromatic rings. The van der Waals surface area contributed by atoms with Crippen molar-refractivity contribution in [2.75, 3.05) is 20.1 Å². The first kappa shape index (κ1) is 13.4. The van der Waals surface area contributed by atoms with Crippen molar-refractivity contribution >= 4 is 0 Å². The largest absolute Gasteiger partial charge is 0.315 e. The minimum Gasteiger partial charge on any atom is -0.315 e. The van der Waals surface area contributed by atoms with E-state index < -0.39 is 0 Å². The van der Waals surface area contributed by atoms with Crippen LogP contribution in [0.25, 0.3) is 0 Å². The molecule has 0 amide bonds. The van der Waals surface area contributed by atoms with Crippen LogP contribution in [0.4, 0.5) is 0 Å². The van der Waals surface area contributed by atoms with Gasteiger partial charge in [-0.1, -0.05) is 38.5 Å². The van der Waals surface area contributed by atoms with Crippen molar-refractivity contribution in [1.29, 1.82) is 0 Å². The van der Waals surface area contributed by atoms with E-state index in [0.717, 1.165) is 12.1 Å². The van der Waals surface area contributed by atoms with E-state index in [-0.39, 0.29) is 0 Å². The van der Waals surface area contributed by atoms with Gasteiger partial charge in [-0.25, -0.2) is 0 Å². The van der Waals surface area contributed by atoms with E-state index in [1.807, 2.05) is 0 Å². The monoisotopic (exact) mass is 238 g/mol. The predicted molar refractivity (Wildman–Crippen MR) is 74.4 cm³/mol. The lowest BCUT2D eigenvalue weighted by molar-refractivity contribution is 0.139. The molecule has 2 nitrogen and oxygen atoms in total. The SMILES string of the molecule is CNC1CCCCCC1N1CCCCCCC1. The number of nitrogens with one attached hydrogen (secondary N) is 1. The molecule has 1 aliphatic carbocycles. The summed E-state index contributed by atoms with van der Waals surface area (Å²) in [6.45, 7) is 2.70. The first-order valence-electron chi connectivity index (χ1n) is 7.83. The van der Waals surface area contributed by atoms with E-state index in [4.69, 9.17) is 0 Å². The Kier molecular flexibility index (Phi) is 5.79. The molecule has 1 N–H and O–H groups in total. The van der Waals surface area contributed by atoms with Crippen molar-refractivity contribution in [1.82, 2.24) is 10.2 Å². The van der Waals surface area contributed by atoms with E-state index in [1.54, 1.807) is 0 Å². The molecular formula is C15H30N2. The zero-order valence-corrected chi connectivity index (χ0v) is 11.6. The lowest BCUT2D eigenvalue weighted by atomic mass is 9.99. The third-order valence-electron chi connectivity index (χ3n) is 4.71. The standard InChI is InChI=1S/C15H30N2/c1-16-14-10-6-5-7-11-15(14)17-12-8-3-2-4-9-13-17/h14-16H,2-13H2,1H3. The molecule has 0 bridgehead atoms. The fraction of sp³-hybridized carbons (Fsp3) is 1.00. The van der Waals surface area contributed by atoms with Crippen LogP contribution in [0.3, 0.4) is 0 Å². The predicted octanol–water partition coefficient (Wildman–Crippen LogP) is 3.17. The minimum atomic E-state index is 0.747. The minimum absolute atomic E-state index is 0.747. The maximum Gasteiger partial charge on any atom is 0.0249 e. The van der Waals surface area contributed by atoms with Gasteiger partial charge in [0.05, 0.1) is 0 Å². The summed E-state index contributed by atoms with van der Waals surface area (Å²) in [7, 11) is 2.16. The Morgan fingerprint density at radius 2 is 1.35 bits per heavy atom. The average Bonchev–Trinajstić information content (AvgIpc) is 2.53. The summed E-state index contributed by atoms with van der Waals surface area (Å²) in [6, 6.07) is 1.57. The third-order valence-corrected chi connectivity index (χ3v) is 4.71. The fourth-order valence-electron chi connectivity index (χ4n) is 3.67. The van der Waals surface area contributed by atoms with Gasteiger partial charge in [0.1, 0.15) is 0 Å². The van der Waals surface area contributed by atoms with Crippen LogP contribution in [0.15, 0.2) is 0 Å². The summed E-state index contributed by atoms with van der Waals surface area (Å²) >= 11 is 0. The Labute approximate surface area is 107 Å². The van der Waals surface area contributed by atoms with Gasteiger partial charge in [0.2, 0.25) is 0 Å². The third kappa shape index (κ3) is 3.96. The van der Waals surface area contributed by atoms with Gasteiger partial charge in [-0.15, -0.1) is 0 Å². The Hall–Kier alpha value is -0.0800. The van der Waals surface area contributed by atoms with Crippen molar-refractivity contribution in [2.24, 2.45) is 0 Å². The van der Waals surface area contributed by atoms with E-state index in [2.05, 4.69) is 17.3 Å². The number of nitrogens with zero attached hydrogens (tertiary/aromatic N) is 1. The zero-order valence-electron chi connectivity index (χ0n) is 11.6.